The molecule has 1 aromatic carbocycles. The Morgan fingerprint density at radius 3 is 2.62 bits per heavy atom. The molecule has 1 N–H and O–H groups in total. The van der Waals surface area contributed by atoms with E-state index in [0.717, 1.165) is 29.3 Å². The Morgan fingerprint density at radius 2 is 1.96 bits per heavy atom. The molecule has 9 heteroatoms. The van der Waals surface area contributed by atoms with Crippen LogP contribution in [0.2, 0.25) is 0 Å². The third-order valence-electron chi connectivity index (χ3n) is 4.48. The minimum absolute atomic E-state index is 0.0963. The van der Waals surface area contributed by atoms with Gasteiger partial charge in [-0.1, -0.05) is 12.1 Å². The molecule has 142 valence electrons. The molecule has 1 aromatic rings. The third kappa shape index (κ3) is 3.88. The zero-order valence-corrected chi connectivity index (χ0v) is 15.2. The highest BCUT2D eigenvalue weighted by Gasteiger charge is 2.42. The number of ether oxygens (including phenoxy) is 1. The second-order valence-electron chi connectivity index (χ2n) is 6.57. The number of nitrogens with one attached hydrogen (secondary N) is 1. The van der Waals surface area contributed by atoms with Crippen LogP contribution in [0.25, 0.3) is 0 Å². The van der Waals surface area contributed by atoms with Crippen LogP contribution in [-0.2, 0) is 24.3 Å². The number of esters is 1. The molecule has 1 saturated heterocycles. The van der Waals surface area contributed by atoms with Gasteiger partial charge in [0.05, 0.1) is 0 Å². The van der Waals surface area contributed by atoms with Crippen molar-refractivity contribution in [3.05, 3.63) is 30.1 Å². The molecule has 26 heavy (non-hydrogen) atoms. The molecule has 0 radical (unpaired) electrons. The van der Waals surface area contributed by atoms with Gasteiger partial charge < -0.3 is 10.1 Å². The molecule has 1 heterocycles. The summed E-state index contributed by atoms with van der Waals surface area (Å²) in [6, 6.07) is 4.11. The van der Waals surface area contributed by atoms with E-state index in [0.29, 0.717) is 6.42 Å². The number of rotatable bonds is 6. The highest BCUT2D eigenvalue weighted by Crippen LogP contribution is 2.28. The Kier molecular flexibility index (Phi) is 5.29. The van der Waals surface area contributed by atoms with Crippen LogP contribution < -0.4 is 5.32 Å². The molecule has 1 saturated carbocycles. The van der Waals surface area contributed by atoms with Crippen molar-refractivity contribution >= 4 is 21.9 Å². The van der Waals surface area contributed by atoms with Gasteiger partial charge >= 0.3 is 5.97 Å². The topological polar surface area (TPSA) is 92.8 Å². The molecular weight excluding hydrogens is 363 g/mol. The first-order valence-electron chi connectivity index (χ1n) is 8.58. The first kappa shape index (κ1) is 18.8. The summed E-state index contributed by atoms with van der Waals surface area (Å²) in [6.07, 6.45) is 1.52. The molecule has 7 nitrogen and oxygen atoms in total. The molecule has 0 bridgehead atoms. The van der Waals surface area contributed by atoms with E-state index in [9.17, 15) is 22.4 Å². The lowest BCUT2D eigenvalue weighted by Gasteiger charge is -2.24. The van der Waals surface area contributed by atoms with Gasteiger partial charge in [0.2, 0.25) is 10.0 Å². The van der Waals surface area contributed by atoms with Crippen molar-refractivity contribution in [3.63, 3.8) is 0 Å². The van der Waals surface area contributed by atoms with Gasteiger partial charge in [0.15, 0.2) is 6.10 Å². The highest BCUT2D eigenvalue weighted by molar-refractivity contribution is 7.89. The van der Waals surface area contributed by atoms with Crippen LogP contribution in [0.5, 0.6) is 0 Å². The summed E-state index contributed by atoms with van der Waals surface area (Å²) in [6.45, 7) is 1.54. The van der Waals surface area contributed by atoms with Crippen LogP contribution >= 0.6 is 0 Å². The van der Waals surface area contributed by atoms with Crippen molar-refractivity contribution in [2.75, 3.05) is 6.54 Å². The van der Waals surface area contributed by atoms with E-state index in [2.05, 4.69) is 5.32 Å². The van der Waals surface area contributed by atoms with E-state index in [1.54, 1.807) is 0 Å². The zero-order chi connectivity index (χ0) is 18.9. The lowest BCUT2D eigenvalue weighted by molar-refractivity contribution is -0.157. The Labute approximate surface area is 151 Å². The minimum Gasteiger partial charge on any atom is -0.451 e. The van der Waals surface area contributed by atoms with Gasteiger partial charge in [-0.15, -0.1) is 0 Å². The summed E-state index contributed by atoms with van der Waals surface area (Å²) >= 11 is 0. The van der Waals surface area contributed by atoms with Crippen LogP contribution in [0, 0.1) is 5.82 Å². The summed E-state index contributed by atoms with van der Waals surface area (Å²) in [5.41, 5.74) is 0. The summed E-state index contributed by atoms with van der Waals surface area (Å²) in [7, 11) is -4.17. The standard InChI is InChI=1S/C17H21FN2O5S/c1-11(16(21)19-12-8-9-12)25-17(22)14-6-4-10-20(14)26(23,24)15-7-3-2-5-13(15)18/h2-3,5,7,11-12,14H,4,6,8-10H2,1H3,(H,19,21)/t11-,14+/m1/s1. The van der Waals surface area contributed by atoms with Crippen LogP contribution in [0.1, 0.15) is 32.6 Å². The molecule has 3 rings (SSSR count). The van der Waals surface area contributed by atoms with Crippen LogP contribution in [0.4, 0.5) is 4.39 Å². The minimum atomic E-state index is -4.17. The van der Waals surface area contributed by atoms with Crippen molar-refractivity contribution in [3.8, 4) is 0 Å². The smallest absolute Gasteiger partial charge is 0.325 e. The Morgan fingerprint density at radius 1 is 1.27 bits per heavy atom. The summed E-state index contributed by atoms with van der Waals surface area (Å²) < 4.78 is 45.5. The first-order valence-corrected chi connectivity index (χ1v) is 10.0. The second-order valence-corrected chi connectivity index (χ2v) is 8.43. The van der Waals surface area contributed by atoms with E-state index in [-0.39, 0.29) is 19.0 Å². The molecule has 1 amide bonds. The molecule has 1 aliphatic carbocycles. The van der Waals surface area contributed by atoms with Crippen molar-refractivity contribution < 1.29 is 27.1 Å². The molecule has 2 aliphatic rings. The van der Waals surface area contributed by atoms with Gasteiger partial charge in [-0.05, 0) is 44.7 Å². The van der Waals surface area contributed by atoms with Gasteiger partial charge in [0.1, 0.15) is 16.8 Å². The van der Waals surface area contributed by atoms with Crippen LogP contribution in [0.15, 0.2) is 29.2 Å². The Bertz CT molecular complexity index is 809. The predicted octanol–water partition coefficient (Wildman–Crippen LogP) is 1.19. The number of nitrogens with zero attached hydrogens (tertiary/aromatic N) is 1. The fraction of sp³-hybridized carbons (Fsp3) is 0.529. The molecule has 0 spiro atoms. The zero-order valence-electron chi connectivity index (χ0n) is 14.4. The van der Waals surface area contributed by atoms with E-state index in [1.165, 1.54) is 19.1 Å². The van der Waals surface area contributed by atoms with Crippen molar-refractivity contribution in [1.82, 2.24) is 9.62 Å². The normalized spacial score (nSPS) is 22.0. The summed E-state index contributed by atoms with van der Waals surface area (Å²) in [5, 5.41) is 2.73. The lowest BCUT2D eigenvalue weighted by atomic mass is 10.2. The fourth-order valence-corrected chi connectivity index (χ4v) is 4.61. The molecule has 2 fully saturated rings. The predicted molar refractivity (Wildman–Crippen MR) is 90.0 cm³/mol. The largest absolute Gasteiger partial charge is 0.451 e. The number of amides is 1. The monoisotopic (exact) mass is 384 g/mol. The molecule has 0 unspecified atom stereocenters. The average Bonchev–Trinajstić information content (AvgIpc) is 3.25. The number of halogens is 1. The van der Waals surface area contributed by atoms with Gasteiger partial charge in [-0.3, -0.25) is 9.59 Å². The van der Waals surface area contributed by atoms with Gasteiger partial charge in [0, 0.05) is 12.6 Å². The first-order chi connectivity index (χ1) is 12.3. The SMILES string of the molecule is C[C@@H](OC(=O)[C@@H]1CCCN1S(=O)(=O)c1ccccc1F)C(=O)NC1CC1. The highest BCUT2D eigenvalue weighted by atomic mass is 32.2. The Balaban J connectivity index is 1.72. The summed E-state index contributed by atoms with van der Waals surface area (Å²) in [5.74, 6) is -2.06. The number of benzene rings is 1. The maximum Gasteiger partial charge on any atom is 0.325 e. The van der Waals surface area contributed by atoms with Gasteiger partial charge in [-0.2, -0.15) is 4.31 Å². The number of hydrogen-bond acceptors (Lipinski definition) is 5. The molecular formula is C17H21FN2O5S. The van der Waals surface area contributed by atoms with Crippen molar-refractivity contribution in [1.29, 1.82) is 0 Å². The van der Waals surface area contributed by atoms with E-state index >= 15 is 0 Å². The number of sulfonamides is 1. The van der Waals surface area contributed by atoms with Crippen molar-refractivity contribution in [2.24, 2.45) is 0 Å². The molecule has 0 aromatic heterocycles. The van der Waals surface area contributed by atoms with Gasteiger partial charge in [0.25, 0.3) is 5.91 Å². The quantitative estimate of drug-likeness (QED) is 0.744. The van der Waals surface area contributed by atoms with E-state index in [4.69, 9.17) is 4.74 Å². The Hall–Kier alpha value is -2.00. The number of hydrogen-bond donors (Lipinski definition) is 1. The maximum absolute atomic E-state index is 13.9. The van der Waals surface area contributed by atoms with E-state index in [1.807, 2.05) is 0 Å². The van der Waals surface area contributed by atoms with Gasteiger partial charge in [-0.25, -0.2) is 12.8 Å². The number of carbonyl (C=O) groups excluding carboxylic acids is 2. The maximum atomic E-state index is 13.9. The van der Waals surface area contributed by atoms with Crippen molar-refractivity contribution in [2.45, 2.75) is 55.7 Å². The van der Waals surface area contributed by atoms with E-state index < -0.39 is 44.8 Å². The molecule has 1 aliphatic heterocycles. The number of carbonyl (C=O) groups is 2. The average molecular weight is 384 g/mol. The molecule has 2 atom stereocenters. The third-order valence-corrected chi connectivity index (χ3v) is 6.43. The van der Waals surface area contributed by atoms with Crippen LogP contribution in [0.3, 0.4) is 0 Å². The second kappa shape index (κ2) is 7.32. The lowest BCUT2D eigenvalue weighted by Crippen LogP contribution is -2.44. The van der Waals surface area contributed by atoms with Crippen LogP contribution in [-0.4, -0.2) is 49.3 Å². The fourth-order valence-electron chi connectivity index (χ4n) is 2.90. The summed E-state index contributed by atoms with van der Waals surface area (Å²) in [4.78, 5) is 23.9.